The van der Waals surface area contributed by atoms with Gasteiger partial charge in [-0.2, -0.15) is 13.2 Å². The van der Waals surface area contributed by atoms with Gasteiger partial charge in [-0.05, 0) is 48.4 Å². The number of carbonyl (C=O) groups is 1. The highest BCUT2D eigenvalue weighted by Gasteiger charge is 2.28. The third-order valence-electron chi connectivity index (χ3n) is 3.44. The Hall–Kier alpha value is -2.70. The Morgan fingerprint density at radius 3 is 2.40 bits per heavy atom. The lowest BCUT2D eigenvalue weighted by Crippen LogP contribution is -2.23. The quantitative estimate of drug-likeness (QED) is 0.857. The van der Waals surface area contributed by atoms with Gasteiger partial charge in [-0.25, -0.2) is 0 Å². The molecule has 0 aliphatic carbocycles. The van der Waals surface area contributed by atoms with Crippen LogP contribution in [0.5, 0.6) is 11.5 Å². The predicted molar refractivity (Wildman–Crippen MR) is 86.9 cm³/mol. The van der Waals surface area contributed by atoms with Crippen molar-refractivity contribution >= 4 is 5.91 Å². The highest BCUT2D eigenvalue weighted by Crippen LogP contribution is 2.20. The summed E-state index contributed by atoms with van der Waals surface area (Å²) in [7, 11) is 1.58. The average molecular weight is 353 g/mol. The van der Waals surface area contributed by atoms with Gasteiger partial charge in [0.05, 0.1) is 7.11 Å². The minimum Gasteiger partial charge on any atom is -0.496 e. The fraction of sp³-hybridized carbons (Fsp3) is 0.278. The molecule has 0 radical (unpaired) electrons. The smallest absolute Gasteiger partial charge is 0.422 e. The number of amides is 1. The second-order valence-electron chi connectivity index (χ2n) is 5.41. The molecule has 1 N–H and O–H groups in total. The van der Waals surface area contributed by atoms with Crippen LogP contribution in [0.2, 0.25) is 0 Å². The number of aryl methyl sites for hydroxylation is 1. The summed E-state index contributed by atoms with van der Waals surface area (Å²) >= 11 is 0. The maximum Gasteiger partial charge on any atom is 0.422 e. The molecule has 0 unspecified atom stereocenters. The zero-order valence-electron chi connectivity index (χ0n) is 13.8. The molecule has 7 heteroatoms. The fourth-order valence-electron chi connectivity index (χ4n) is 2.13. The summed E-state index contributed by atoms with van der Waals surface area (Å²) in [6.07, 6.45) is -4.40. The van der Waals surface area contributed by atoms with Crippen LogP contribution in [0.15, 0.2) is 42.5 Å². The Kier molecular flexibility index (Phi) is 5.90. The van der Waals surface area contributed by atoms with Gasteiger partial charge in [0.1, 0.15) is 11.5 Å². The van der Waals surface area contributed by atoms with Gasteiger partial charge in [0.25, 0.3) is 5.91 Å². The third kappa shape index (κ3) is 5.70. The van der Waals surface area contributed by atoms with Crippen molar-refractivity contribution in [1.82, 2.24) is 5.32 Å². The maximum atomic E-state index is 12.1. The van der Waals surface area contributed by atoms with Gasteiger partial charge in [0.15, 0.2) is 6.61 Å². The van der Waals surface area contributed by atoms with Gasteiger partial charge < -0.3 is 14.8 Å². The fourth-order valence-corrected chi connectivity index (χ4v) is 2.13. The van der Waals surface area contributed by atoms with Gasteiger partial charge >= 0.3 is 6.18 Å². The number of halogens is 3. The van der Waals surface area contributed by atoms with Crippen molar-refractivity contribution in [3.05, 3.63) is 59.2 Å². The Morgan fingerprint density at radius 2 is 1.80 bits per heavy atom. The van der Waals surface area contributed by atoms with Crippen LogP contribution in [0.3, 0.4) is 0 Å². The second-order valence-corrected chi connectivity index (χ2v) is 5.41. The van der Waals surface area contributed by atoms with Gasteiger partial charge in [-0.3, -0.25) is 4.79 Å². The largest absolute Gasteiger partial charge is 0.496 e. The first-order chi connectivity index (χ1) is 11.8. The van der Waals surface area contributed by atoms with E-state index in [0.29, 0.717) is 12.1 Å². The molecular weight excluding hydrogens is 335 g/mol. The first-order valence-electron chi connectivity index (χ1n) is 7.50. The number of ether oxygens (including phenoxy) is 2. The second kappa shape index (κ2) is 7.92. The normalized spacial score (nSPS) is 11.1. The highest BCUT2D eigenvalue weighted by molar-refractivity contribution is 5.94. The molecule has 0 atom stereocenters. The number of rotatable bonds is 6. The van der Waals surface area contributed by atoms with Crippen molar-refractivity contribution in [3.63, 3.8) is 0 Å². The van der Waals surface area contributed by atoms with Crippen molar-refractivity contribution in [2.24, 2.45) is 0 Å². The van der Waals surface area contributed by atoms with Crippen molar-refractivity contribution < 1.29 is 27.4 Å². The van der Waals surface area contributed by atoms with Crippen molar-refractivity contribution in [3.8, 4) is 11.5 Å². The lowest BCUT2D eigenvalue weighted by molar-refractivity contribution is -0.153. The van der Waals surface area contributed by atoms with Crippen LogP contribution < -0.4 is 14.8 Å². The predicted octanol–water partition coefficient (Wildman–Crippen LogP) is 3.87. The van der Waals surface area contributed by atoms with Gasteiger partial charge in [-0.15, -0.1) is 0 Å². The van der Waals surface area contributed by atoms with E-state index in [1.165, 1.54) is 24.3 Å². The minimum absolute atomic E-state index is 0.0529. The zero-order chi connectivity index (χ0) is 18.4. The van der Waals surface area contributed by atoms with E-state index in [2.05, 4.69) is 10.1 Å². The maximum absolute atomic E-state index is 12.1. The molecule has 2 rings (SSSR count). The molecule has 0 bridgehead atoms. The van der Waals surface area contributed by atoms with E-state index in [1.54, 1.807) is 7.11 Å². The Bertz CT molecular complexity index is 727. The summed E-state index contributed by atoms with van der Waals surface area (Å²) in [4.78, 5) is 12.1. The number of methoxy groups -OCH3 is 1. The van der Waals surface area contributed by atoms with Crippen LogP contribution >= 0.6 is 0 Å². The SMILES string of the molecule is COc1cc(CNC(=O)c2ccc(OCC(F)(F)F)cc2)ccc1C. The molecule has 0 aliphatic heterocycles. The molecule has 0 fully saturated rings. The Balaban J connectivity index is 1.92. The van der Waals surface area contributed by atoms with Gasteiger partial charge in [0.2, 0.25) is 0 Å². The van der Waals surface area contributed by atoms with Crippen LogP contribution in [0, 0.1) is 6.92 Å². The van der Waals surface area contributed by atoms with Crippen LogP contribution in [-0.4, -0.2) is 25.8 Å². The first-order valence-corrected chi connectivity index (χ1v) is 7.50. The summed E-state index contributed by atoms with van der Waals surface area (Å²) in [6, 6.07) is 11.1. The first kappa shape index (κ1) is 18.6. The minimum atomic E-state index is -4.40. The zero-order valence-corrected chi connectivity index (χ0v) is 13.8. The van der Waals surface area contributed by atoms with Crippen LogP contribution in [-0.2, 0) is 6.54 Å². The molecule has 4 nitrogen and oxygen atoms in total. The molecule has 0 saturated heterocycles. The Labute approximate surface area is 143 Å². The Morgan fingerprint density at radius 1 is 1.12 bits per heavy atom. The van der Waals surface area contributed by atoms with E-state index >= 15 is 0 Å². The highest BCUT2D eigenvalue weighted by atomic mass is 19.4. The molecule has 25 heavy (non-hydrogen) atoms. The number of carbonyl (C=O) groups excluding carboxylic acids is 1. The monoisotopic (exact) mass is 353 g/mol. The molecule has 2 aromatic carbocycles. The lowest BCUT2D eigenvalue weighted by atomic mass is 10.1. The summed E-state index contributed by atoms with van der Waals surface area (Å²) < 4.78 is 46.1. The molecular formula is C18H18F3NO3. The van der Waals surface area contributed by atoms with E-state index in [1.807, 2.05) is 25.1 Å². The number of benzene rings is 2. The van der Waals surface area contributed by atoms with Crippen molar-refractivity contribution in [2.45, 2.75) is 19.6 Å². The van der Waals surface area contributed by atoms with E-state index in [-0.39, 0.29) is 11.7 Å². The standard InChI is InChI=1S/C18H18F3NO3/c1-12-3-4-13(9-16(12)24-2)10-22-17(23)14-5-7-15(8-6-14)25-11-18(19,20)21/h3-9H,10-11H2,1-2H3,(H,22,23). The van der Waals surface area contributed by atoms with Crippen LogP contribution in [0.1, 0.15) is 21.5 Å². The van der Waals surface area contributed by atoms with E-state index in [0.717, 1.165) is 16.9 Å². The van der Waals surface area contributed by atoms with E-state index in [4.69, 9.17) is 4.74 Å². The van der Waals surface area contributed by atoms with Gasteiger partial charge in [-0.1, -0.05) is 12.1 Å². The molecule has 0 aromatic heterocycles. The molecule has 0 saturated carbocycles. The number of hydrogen-bond acceptors (Lipinski definition) is 3. The summed E-state index contributed by atoms with van der Waals surface area (Å²) in [6.45, 7) is 0.860. The van der Waals surface area contributed by atoms with Crippen molar-refractivity contribution in [1.29, 1.82) is 0 Å². The van der Waals surface area contributed by atoms with E-state index in [9.17, 15) is 18.0 Å². The summed E-state index contributed by atoms with van der Waals surface area (Å²) in [5.74, 6) is 0.456. The topological polar surface area (TPSA) is 47.6 Å². The van der Waals surface area contributed by atoms with Crippen LogP contribution in [0.4, 0.5) is 13.2 Å². The van der Waals surface area contributed by atoms with E-state index < -0.39 is 12.8 Å². The number of nitrogens with one attached hydrogen (secondary N) is 1. The van der Waals surface area contributed by atoms with Gasteiger partial charge in [0, 0.05) is 12.1 Å². The molecule has 0 spiro atoms. The lowest BCUT2D eigenvalue weighted by Gasteiger charge is -2.10. The molecule has 134 valence electrons. The summed E-state index contributed by atoms with van der Waals surface area (Å²) in [5.41, 5.74) is 2.20. The molecule has 2 aromatic rings. The number of alkyl halides is 3. The molecule has 0 aliphatic rings. The third-order valence-corrected chi connectivity index (χ3v) is 3.44. The van der Waals surface area contributed by atoms with Crippen molar-refractivity contribution in [2.75, 3.05) is 13.7 Å². The molecule has 0 heterocycles. The van der Waals surface area contributed by atoms with Crippen LogP contribution in [0.25, 0.3) is 0 Å². The molecule has 1 amide bonds. The average Bonchev–Trinajstić information content (AvgIpc) is 2.58. The number of hydrogen-bond donors (Lipinski definition) is 1. The summed E-state index contributed by atoms with van der Waals surface area (Å²) in [5, 5.41) is 2.75.